The van der Waals surface area contributed by atoms with E-state index >= 15 is 0 Å². The van der Waals surface area contributed by atoms with Crippen LogP contribution in [0.2, 0.25) is 5.15 Å². The van der Waals surface area contributed by atoms with Crippen LogP contribution in [0.15, 0.2) is 76.3 Å². The molecule has 0 radical (unpaired) electrons. The van der Waals surface area contributed by atoms with Gasteiger partial charge in [0.05, 0.1) is 5.69 Å². The number of oxazole rings is 1. The van der Waals surface area contributed by atoms with Gasteiger partial charge in [-0.05, 0) is 54.4 Å². The molecule has 0 aliphatic heterocycles. The molecule has 0 N–H and O–H groups in total. The van der Waals surface area contributed by atoms with Crippen molar-refractivity contribution in [2.45, 2.75) is 24.9 Å². The number of rotatable bonds is 5. The van der Waals surface area contributed by atoms with E-state index in [0.29, 0.717) is 44.2 Å². The van der Waals surface area contributed by atoms with E-state index in [4.69, 9.17) is 16.0 Å². The number of aromatic nitrogens is 4. The third-order valence-corrected chi connectivity index (χ3v) is 7.05. The van der Waals surface area contributed by atoms with Crippen LogP contribution in [0.3, 0.4) is 0 Å². The first-order chi connectivity index (χ1) is 18.0. The average Bonchev–Trinajstić information content (AvgIpc) is 3.47. The molecule has 0 saturated heterocycles. The topological polar surface area (TPSA) is 73.8 Å². The van der Waals surface area contributed by atoms with E-state index in [1.165, 1.54) is 11.5 Å². The van der Waals surface area contributed by atoms with Gasteiger partial charge < -0.3 is 8.98 Å². The standard InChI is InChI=1S/C27H20ClF3N4O2S/c1-15-33-23(27(29,30)31)14-35(15)22-9-7-18(17-5-4-6-20(11-17)38(3)36)12-21(22)25-26(37-16(2)34-25)19-8-10-24(28)32-13-19/h4-14H,1-3H3. The second-order valence-corrected chi connectivity index (χ2v) is 10.3. The Labute approximate surface area is 223 Å². The minimum Gasteiger partial charge on any atom is -0.440 e. The van der Waals surface area contributed by atoms with Crippen molar-refractivity contribution in [3.05, 3.63) is 89.6 Å². The Kier molecular flexibility index (Phi) is 6.70. The number of hydrogen-bond acceptors (Lipinski definition) is 5. The first-order valence-electron chi connectivity index (χ1n) is 11.3. The van der Waals surface area contributed by atoms with Crippen molar-refractivity contribution in [3.8, 4) is 39.4 Å². The van der Waals surface area contributed by atoms with Crippen LogP contribution >= 0.6 is 11.6 Å². The van der Waals surface area contributed by atoms with Crippen LogP contribution in [0.25, 0.3) is 39.4 Å². The summed E-state index contributed by atoms with van der Waals surface area (Å²) in [6.07, 6.45) is -0.500. The van der Waals surface area contributed by atoms with Gasteiger partial charge in [-0.2, -0.15) is 13.2 Å². The van der Waals surface area contributed by atoms with Gasteiger partial charge in [0.1, 0.15) is 16.7 Å². The third kappa shape index (κ3) is 5.01. The molecule has 1 unspecified atom stereocenters. The van der Waals surface area contributed by atoms with E-state index in [-0.39, 0.29) is 5.82 Å². The number of halogens is 4. The van der Waals surface area contributed by atoms with Crippen LogP contribution in [-0.4, -0.2) is 30.0 Å². The van der Waals surface area contributed by atoms with Crippen LogP contribution < -0.4 is 0 Å². The molecule has 6 nitrogen and oxygen atoms in total. The highest BCUT2D eigenvalue weighted by Gasteiger charge is 2.35. The molecule has 5 rings (SSSR count). The van der Waals surface area contributed by atoms with Gasteiger partial charge in [-0.1, -0.05) is 29.8 Å². The molecule has 0 aliphatic rings. The predicted octanol–water partition coefficient (Wildman–Crippen LogP) is 7.28. The molecule has 11 heteroatoms. The highest BCUT2D eigenvalue weighted by molar-refractivity contribution is 7.84. The lowest BCUT2D eigenvalue weighted by Gasteiger charge is -2.14. The number of aryl methyl sites for hydroxylation is 2. The minimum atomic E-state index is -4.60. The molecule has 0 aliphatic carbocycles. The molecule has 2 aromatic carbocycles. The first-order valence-corrected chi connectivity index (χ1v) is 13.3. The number of imidazole rings is 1. The minimum absolute atomic E-state index is 0.157. The van der Waals surface area contributed by atoms with Gasteiger partial charge in [0, 0.05) is 52.4 Å². The summed E-state index contributed by atoms with van der Waals surface area (Å²) >= 11 is 5.97. The molecule has 3 aromatic heterocycles. The van der Waals surface area contributed by atoms with E-state index in [1.807, 2.05) is 18.2 Å². The smallest absolute Gasteiger partial charge is 0.434 e. The number of alkyl halides is 3. The lowest BCUT2D eigenvalue weighted by Crippen LogP contribution is -2.05. The lowest BCUT2D eigenvalue weighted by atomic mass is 9.98. The molecule has 0 spiro atoms. The summed E-state index contributed by atoms with van der Waals surface area (Å²) in [6, 6.07) is 15.9. The van der Waals surface area contributed by atoms with Gasteiger partial charge in [0.2, 0.25) is 0 Å². The van der Waals surface area contributed by atoms with Crippen molar-refractivity contribution in [1.82, 2.24) is 19.5 Å². The zero-order valence-electron chi connectivity index (χ0n) is 20.4. The predicted molar refractivity (Wildman–Crippen MR) is 140 cm³/mol. The van der Waals surface area contributed by atoms with E-state index in [9.17, 15) is 17.4 Å². The van der Waals surface area contributed by atoms with Crippen LogP contribution in [0.1, 0.15) is 17.4 Å². The van der Waals surface area contributed by atoms with Gasteiger partial charge >= 0.3 is 6.18 Å². The number of benzene rings is 2. The SMILES string of the molecule is Cc1nc(-c2cc(-c3cccc(S(C)=O)c3)ccc2-n2cc(C(F)(F)F)nc2C)c(-c2ccc(Cl)nc2)o1. The summed E-state index contributed by atoms with van der Waals surface area (Å²) in [7, 11) is -1.19. The summed E-state index contributed by atoms with van der Waals surface area (Å²) in [6.45, 7) is 3.19. The molecule has 0 bridgehead atoms. The molecule has 38 heavy (non-hydrogen) atoms. The Hall–Kier alpha value is -3.76. The van der Waals surface area contributed by atoms with Crippen molar-refractivity contribution in [1.29, 1.82) is 0 Å². The van der Waals surface area contributed by atoms with E-state index in [2.05, 4.69) is 15.0 Å². The summed E-state index contributed by atoms with van der Waals surface area (Å²) in [5.74, 6) is 0.912. The van der Waals surface area contributed by atoms with E-state index < -0.39 is 22.7 Å². The van der Waals surface area contributed by atoms with E-state index in [1.54, 1.807) is 55.8 Å². The van der Waals surface area contributed by atoms with Gasteiger partial charge in [-0.3, -0.25) is 4.21 Å². The van der Waals surface area contributed by atoms with Gasteiger partial charge in [0.15, 0.2) is 17.3 Å². The largest absolute Gasteiger partial charge is 0.440 e. The normalized spacial score (nSPS) is 12.6. The van der Waals surface area contributed by atoms with Crippen molar-refractivity contribution in [2.24, 2.45) is 0 Å². The molecule has 1 atom stereocenters. The van der Waals surface area contributed by atoms with Crippen molar-refractivity contribution < 1.29 is 21.8 Å². The molecule has 0 saturated carbocycles. The summed E-state index contributed by atoms with van der Waals surface area (Å²) < 4.78 is 59.8. The maximum Gasteiger partial charge on any atom is 0.434 e. The second-order valence-electron chi connectivity index (χ2n) is 8.54. The molecule has 0 fully saturated rings. The molecule has 194 valence electrons. The third-order valence-electron chi connectivity index (χ3n) is 5.91. The maximum atomic E-state index is 13.5. The zero-order chi connectivity index (χ0) is 27.2. The number of hydrogen-bond donors (Lipinski definition) is 0. The monoisotopic (exact) mass is 556 g/mol. The van der Waals surface area contributed by atoms with Crippen molar-refractivity contribution in [3.63, 3.8) is 0 Å². The Morgan fingerprint density at radius 2 is 1.71 bits per heavy atom. The average molecular weight is 557 g/mol. The van der Waals surface area contributed by atoms with Crippen molar-refractivity contribution in [2.75, 3.05) is 6.26 Å². The summed E-state index contributed by atoms with van der Waals surface area (Å²) in [5.41, 5.74) is 2.51. The molecule has 5 aromatic rings. The van der Waals surface area contributed by atoms with Crippen LogP contribution in [0.5, 0.6) is 0 Å². The first kappa shape index (κ1) is 25.9. The van der Waals surface area contributed by atoms with Crippen molar-refractivity contribution >= 4 is 22.4 Å². The Balaban J connectivity index is 1.77. The fraction of sp³-hybridized carbons (Fsp3) is 0.148. The quantitative estimate of drug-likeness (QED) is 0.213. The Morgan fingerprint density at radius 3 is 2.37 bits per heavy atom. The van der Waals surface area contributed by atoms with Crippen LogP contribution in [-0.2, 0) is 17.0 Å². The fourth-order valence-electron chi connectivity index (χ4n) is 4.14. The summed E-state index contributed by atoms with van der Waals surface area (Å²) in [5, 5.41) is 0.302. The zero-order valence-corrected chi connectivity index (χ0v) is 21.9. The molecule has 3 heterocycles. The van der Waals surface area contributed by atoms with Crippen LogP contribution in [0, 0.1) is 13.8 Å². The van der Waals surface area contributed by atoms with Gasteiger partial charge in [0.25, 0.3) is 0 Å². The molecular formula is C27H20ClF3N4O2S. The Morgan fingerprint density at radius 1 is 0.974 bits per heavy atom. The highest BCUT2D eigenvalue weighted by atomic mass is 35.5. The second kappa shape index (κ2) is 9.85. The van der Waals surface area contributed by atoms with Crippen LogP contribution in [0.4, 0.5) is 13.2 Å². The summed E-state index contributed by atoms with van der Waals surface area (Å²) in [4.78, 5) is 13.1. The Bertz CT molecular complexity index is 1680. The maximum absolute atomic E-state index is 13.5. The van der Waals surface area contributed by atoms with Gasteiger partial charge in [-0.25, -0.2) is 15.0 Å². The van der Waals surface area contributed by atoms with E-state index in [0.717, 1.165) is 17.3 Å². The molecule has 0 amide bonds. The van der Waals surface area contributed by atoms with Gasteiger partial charge in [-0.15, -0.1) is 0 Å². The fourth-order valence-corrected chi connectivity index (χ4v) is 4.81. The lowest BCUT2D eigenvalue weighted by molar-refractivity contribution is -0.141. The number of pyridine rings is 1. The molecular weight excluding hydrogens is 537 g/mol. The highest BCUT2D eigenvalue weighted by Crippen LogP contribution is 2.39. The number of nitrogens with zero attached hydrogens (tertiary/aromatic N) is 4.